The zero-order valence-electron chi connectivity index (χ0n) is 16.4. The van der Waals surface area contributed by atoms with Crippen LogP contribution in [0.15, 0.2) is 24.3 Å². The smallest absolute Gasteiger partial charge is 0.275 e. The molecule has 1 aliphatic heterocycles. The van der Waals surface area contributed by atoms with Crippen LogP contribution in [0.5, 0.6) is 5.75 Å². The summed E-state index contributed by atoms with van der Waals surface area (Å²) in [6.45, 7) is 8.93. The highest BCUT2D eigenvalue weighted by Gasteiger charge is 2.27. The Morgan fingerprint density at radius 2 is 1.78 bits per heavy atom. The first-order valence-corrected chi connectivity index (χ1v) is 10.8. The molecule has 150 valence electrons. The van der Waals surface area contributed by atoms with Crippen molar-refractivity contribution in [3.8, 4) is 5.75 Å². The van der Waals surface area contributed by atoms with Gasteiger partial charge in [-0.05, 0) is 43.0 Å². The molecule has 0 bridgehead atoms. The fraction of sp³-hybridized carbons (Fsp3) is 0.667. The number of hydrogen-bond acceptors (Lipinski definition) is 2. The summed E-state index contributed by atoms with van der Waals surface area (Å²) in [4.78, 5) is 15.4. The van der Waals surface area contributed by atoms with E-state index in [9.17, 15) is 4.79 Å². The van der Waals surface area contributed by atoms with Gasteiger partial charge in [-0.2, -0.15) is 0 Å². The number of carbonyl (C=O) groups is 1. The van der Waals surface area contributed by atoms with Gasteiger partial charge < -0.3 is 19.9 Å². The molecular formula is C21H34ClN3O2+2. The van der Waals surface area contributed by atoms with E-state index in [1.165, 1.54) is 24.2 Å². The molecule has 0 aromatic heterocycles. The molecule has 2 fully saturated rings. The summed E-state index contributed by atoms with van der Waals surface area (Å²) in [5, 5.41) is 4.02. The lowest BCUT2D eigenvalue weighted by Crippen LogP contribution is -3.28. The van der Waals surface area contributed by atoms with Gasteiger partial charge in [-0.15, -0.1) is 0 Å². The van der Waals surface area contributed by atoms with Crippen LogP contribution in [0.25, 0.3) is 0 Å². The summed E-state index contributed by atoms with van der Waals surface area (Å²) in [6.07, 6.45) is 4.96. The van der Waals surface area contributed by atoms with Gasteiger partial charge in [0.2, 0.25) is 0 Å². The van der Waals surface area contributed by atoms with Gasteiger partial charge in [0.25, 0.3) is 5.91 Å². The minimum atomic E-state index is 0.235. The van der Waals surface area contributed by atoms with Crippen molar-refractivity contribution in [3.63, 3.8) is 0 Å². The molecule has 2 aliphatic rings. The lowest BCUT2D eigenvalue weighted by atomic mass is 9.86. The molecule has 1 amide bonds. The van der Waals surface area contributed by atoms with E-state index < -0.39 is 0 Å². The molecule has 0 radical (unpaired) electrons. The number of nitrogens with one attached hydrogen (secondary N) is 3. The third kappa shape index (κ3) is 6.66. The van der Waals surface area contributed by atoms with E-state index in [0.717, 1.165) is 49.9 Å². The van der Waals surface area contributed by atoms with Gasteiger partial charge in [0, 0.05) is 11.1 Å². The summed E-state index contributed by atoms with van der Waals surface area (Å²) in [7, 11) is 0. The maximum Gasteiger partial charge on any atom is 0.275 e. The molecule has 0 unspecified atom stereocenters. The largest absolute Gasteiger partial charge is 0.488 e. The highest BCUT2D eigenvalue weighted by Crippen LogP contribution is 2.23. The van der Waals surface area contributed by atoms with Crippen LogP contribution in [0.2, 0.25) is 5.02 Å². The number of benzene rings is 1. The number of carbonyl (C=O) groups excluding carboxylic acids is 1. The second kappa shape index (κ2) is 10.3. The van der Waals surface area contributed by atoms with E-state index in [2.05, 4.69) is 12.2 Å². The average Bonchev–Trinajstić information content (AvgIpc) is 2.67. The van der Waals surface area contributed by atoms with Crippen molar-refractivity contribution < 1.29 is 19.3 Å². The number of amides is 1. The molecule has 1 saturated heterocycles. The highest BCUT2D eigenvalue weighted by atomic mass is 35.5. The van der Waals surface area contributed by atoms with Gasteiger partial charge in [-0.25, -0.2) is 0 Å². The highest BCUT2D eigenvalue weighted by molar-refractivity contribution is 6.30. The number of rotatable bonds is 7. The van der Waals surface area contributed by atoms with Crippen LogP contribution in [-0.2, 0) is 4.79 Å². The second-order valence-electron chi connectivity index (χ2n) is 8.16. The van der Waals surface area contributed by atoms with Gasteiger partial charge in [0.05, 0.1) is 0 Å². The Balaban J connectivity index is 1.30. The predicted octanol–water partition coefficient (Wildman–Crippen LogP) is 0.197. The molecule has 1 aromatic rings. The lowest BCUT2D eigenvalue weighted by molar-refractivity contribution is -1.01. The maximum absolute atomic E-state index is 12.4. The molecule has 2 atom stereocenters. The van der Waals surface area contributed by atoms with Gasteiger partial charge in [-0.1, -0.05) is 31.4 Å². The molecular weight excluding hydrogens is 362 g/mol. The Morgan fingerprint density at radius 1 is 1.11 bits per heavy atom. The third-order valence-corrected chi connectivity index (χ3v) is 6.32. The molecule has 6 heteroatoms. The van der Waals surface area contributed by atoms with Crippen molar-refractivity contribution >= 4 is 17.5 Å². The molecule has 0 spiro atoms. The number of hydrogen-bond donors (Lipinski definition) is 3. The van der Waals surface area contributed by atoms with E-state index in [1.807, 2.05) is 24.3 Å². The van der Waals surface area contributed by atoms with E-state index in [0.29, 0.717) is 25.1 Å². The lowest BCUT2D eigenvalue weighted by Gasteiger charge is -2.32. The molecule has 1 heterocycles. The Morgan fingerprint density at radius 3 is 2.48 bits per heavy atom. The molecule has 3 N–H and O–H groups in total. The SMILES string of the molecule is C[C@@H]1CCCC[C@@H]1NC(=O)C[NH+]1CC[NH+](CCOc2ccc(Cl)cc2)CC1. The Hall–Kier alpha value is -1.30. The molecule has 3 rings (SSSR count). The van der Waals surface area contributed by atoms with Crippen molar-refractivity contribution in [2.75, 3.05) is 45.9 Å². The first-order chi connectivity index (χ1) is 13.1. The normalized spacial score (nSPS) is 28.5. The van der Waals surface area contributed by atoms with Crippen molar-refractivity contribution in [2.24, 2.45) is 5.92 Å². The zero-order chi connectivity index (χ0) is 19.1. The van der Waals surface area contributed by atoms with Crippen LogP contribution in [0.1, 0.15) is 32.6 Å². The second-order valence-corrected chi connectivity index (χ2v) is 8.60. The van der Waals surface area contributed by atoms with Gasteiger partial charge >= 0.3 is 0 Å². The molecule has 1 aliphatic carbocycles. The molecule has 1 saturated carbocycles. The minimum Gasteiger partial charge on any atom is -0.488 e. The van der Waals surface area contributed by atoms with Crippen LogP contribution >= 0.6 is 11.6 Å². The summed E-state index contributed by atoms with van der Waals surface area (Å²) in [5.41, 5.74) is 0. The number of piperazine rings is 1. The van der Waals surface area contributed by atoms with Crippen molar-refractivity contribution in [2.45, 2.75) is 38.6 Å². The standard InChI is InChI=1S/C21H32ClN3O2/c1-17-4-2-3-5-20(17)23-21(26)16-25-12-10-24(11-13-25)14-15-27-19-8-6-18(22)7-9-19/h6-9,17,20H,2-5,10-16H2,1H3,(H,23,26)/p+2/t17-,20+/m1/s1. The Kier molecular flexibility index (Phi) is 7.80. The van der Waals surface area contributed by atoms with E-state index in [-0.39, 0.29) is 5.91 Å². The third-order valence-electron chi connectivity index (χ3n) is 6.07. The fourth-order valence-corrected chi connectivity index (χ4v) is 4.37. The Bertz CT molecular complexity index is 588. The van der Waals surface area contributed by atoms with E-state index in [1.54, 1.807) is 4.90 Å². The molecule has 5 nitrogen and oxygen atoms in total. The summed E-state index contributed by atoms with van der Waals surface area (Å²) < 4.78 is 5.80. The van der Waals surface area contributed by atoms with E-state index in [4.69, 9.17) is 16.3 Å². The quantitative estimate of drug-likeness (QED) is 0.617. The summed E-state index contributed by atoms with van der Waals surface area (Å²) in [6, 6.07) is 7.91. The summed E-state index contributed by atoms with van der Waals surface area (Å²) in [5.74, 6) is 1.73. The Labute approximate surface area is 168 Å². The van der Waals surface area contributed by atoms with Gasteiger partial charge in [0.1, 0.15) is 45.1 Å². The predicted molar refractivity (Wildman–Crippen MR) is 108 cm³/mol. The summed E-state index contributed by atoms with van der Waals surface area (Å²) >= 11 is 5.89. The zero-order valence-corrected chi connectivity index (χ0v) is 17.2. The van der Waals surface area contributed by atoms with Crippen LogP contribution in [0, 0.1) is 5.92 Å². The molecule has 27 heavy (non-hydrogen) atoms. The van der Waals surface area contributed by atoms with Crippen LogP contribution < -0.4 is 19.9 Å². The first-order valence-electron chi connectivity index (χ1n) is 10.4. The van der Waals surface area contributed by atoms with Crippen LogP contribution in [0.4, 0.5) is 0 Å². The number of halogens is 1. The van der Waals surface area contributed by atoms with Crippen molar-refractivity contribution in [3.05, 3.63) is 29.3 Å². The fourth-order valence-electron chi connectivity index (χ4n) is 4.24. The van der Waals surface area contributed by atoms with Crippen molar-refractivity contribution in [1.29, 1.82) is 0 Å². The number of ether oxygens (including phenoxy) is 1. The van der Waals surface area contributed by atoms with Gasteiger partial charge in [-0.3, -0.25) is 4.79 Å². The van der Waals surface area contributed by atoms with E-state index >= 15 is 0 Å². The monoisotopic (exact) mass is 395 g/mol. The maximum atomic E-state index is 12.4. The number of quaternary nitrogens is 2. The minimum absolute atomic E-state index is 0.235. The molecule has 1 aromatic carbocycles. The van der Waals surface area contributed by atoms with Crippen LogP contribution in [0.3, 0.4) is 0 Å². The average molecular weight is 396 g/mol. The first kappa shape index (κ1) is 20.4. The topological polar surface area (TPSA) is 47.2 Å². The van der Waals surface area contributed by atoms with Crippen LogP contribution in [-0.4, -0.2) is 57.8 Å². The van der Waals surface area contributed by atoms with Crippen molar-refractivity contribution in [1.82, 2.24) is 5.32 Å². The van der Waals surface area contributed by atoms with Gasteiger partial charge in [0.15, 0.2) is 6.54 Å².